The van der Waals surface area contributed by atoms with Crippen LogP contribution >= 0.6 is 11.3 Å². The van der Waals surface area contributed by atoms with Gasteiger partial charge in [0.25, 0.3) is 0 Å². The summed E-state index contributed by atoms with van der Waals surface area (Å²) in [6.45, 7) is 0. The van der Waals surface area contributed by atoms with E-state index in [4.69, 9.17) is 24.4 Å². The highest BCUT2D eigenvalue weighted by Crippen LogP contribution is 2.41. The minimum Gasteiger partial charge on any atom is -0.456 e. The van der Waals surface area contributed by atoms with Gasteiger partial charge >= 0.3 is 0 Å². The van der Waals surface area contributed by atoms with Crippen LogP contribution < -0.4 is 0 Å². The molecule has 6 nitrogen and oxygen atoms in total. The van der Waals surface area contributed by atoms with Crippen LogP contribution in [0.1, 0.15) is 43.8 Å². The fraction of sp³-hybridized carbons (Fsp3) is 0.130. The molecule has 10 aromatic rings. The van der Waals surface area contributed by atoms with E-state index in [1.165, 1.54) is 45.8 Å². The first kappa shape index (κ1) is 30.4. The average Bonchev–Trinajstić information content (AvgIpc) is 3.93. The van der Waals surface area contributed by atoms with Crippen molar-refractivity contribution < 1.29 is 4.42 Å². The minimum absolute atomic E-state index is 0.302. The van der Waals surface area contributed by atoms with Crippen molar-refractivity contribution in [3.63, 3.8) is 0 Å². The molecule has 6 aromatic carbocycles. The Morgan fingerprint density at radius 3 is 2.15 bits per heavy atom. The Labute approximate surface area is 309 Å². The van der Waals surface area contributed by atoms with E-state index in [0.717, 1.165) is 73.5 Å². The normalized spacial score (nSPS) is 14.0. The lowest BCUT2D eigenvalue weighted by molar-refractivity contribution is 0.428. The first-order valence-corrected chi connectivity index (χ1v) is 19.2. The Morgan fingerprint density at radius 2 is 1.32 bits per heavy atom. The first-order chi connectivity index (χ1) is 26.2. The Balaban J connectivity index is 1.09. The lowest BCUT2D eigenvalue weighted by atomic mass is 9.88. The van der Waals surface area contributed by atoms with Crippen molar-refractivity contribution in [3.8, 4) is 39.0 Å². The highest BCUT2D eigenvalue weighted by molar-refractivity contribution is 7.21. The van der Waals surface area contributed by atoms with Gasteiger partial charge in [-0.2, -0.15) is 0 Å². The monoisotopic (exact) mass is 703 g/mol. The maximum atomic E-state index is 6.46. The highest BCUT2D eigenvalue weighted by Gasteiger charge is 2.23. The van der Waals surface area contributed by atoms with Crippen LogP contribution in [-0.2, 0) is 0 Å². The fourth-order valence-corrected chi connectivity index (χ4v) is 9.27. The summed E-state index contributed by atoms with van der Waals surface area (Å²) in [4.78, 5) is 20.8. The van der Waals surface area contributed by atoms with E-state index in [2.05, 4.69) is 120 Å². The number of rotatable bonds is 5. The van der Waals surface area contributed by atoms with Crippen LogP contribution in [0.2, 0.25) is 0 Å². The Hall–Kier alpha value is -6.18. The second-order valence-electron chi connectivity index (χ2n) is 14.1. The molecule has 1 aliphatic carbocycles. The Morgan fingerprint density at radius 1 is 0.566 bits per heavy atom. The van der Waals surface area contributed by atoms with Gasteiger partial charge < -0.3 is 8.98 Å². The third-order valence-corrected chi connectivity index (χ3v) is 11.9. The van der Waals surface area contributed by atoms with Crippen LogP contribution in [0.5, 0.6) is 0 Å². The minimum atomic E-state index is 0.302. The molecular weight excluding hydrogens is 671 g/mol. The van der Waals surface area contributed by atoms with Crippen molar-refractivity contribution in [1.82, 2.24) is 24.5 Å². The second kappa shape index (κ2) is 12.2. The van der Waals surface area contributed by atoms with E-state index in [1.807, 2.05) is 18.2 Å². The molecule has 0 aliphatic heterocycles. The molecule has 0 N–H and O–H groups in total. The first-order valence-electron chi connectivity index (χ1n) is 18.4. The maximum absolute atomic E-state index is 6.46. The molecule has 0 spiro atoms. The summed E-state index contributed by atoms with van der Waals surface area (Å²) in [5.74, 6) is 2.55. The van der Waals surface area contributed by atoms with Gasteiger partial charge in [-0.15, -0.1) is 11.3 Å². The number of furan rings is 1. The third-order valence-electron chi connectivity index (χ3n) is 10.8. The molecule has 53 heavy (non-hydrogen) atoms. The van der Waals surface area contributed by atoms with Crippen LogP contribution in [0.3, 0.4) is 0 Å². The number of benzene rings is 6. The van der Waals surface area contributed by atoms with Crippen molar-refractivity contribution in [2.75, 3.05) is 0 Å². The molecule has 0 atom stereocenters. The Bertz CT molecular complexity index is 2930. The lowest BCUT2D eigenvalue weighted by Crippen LogP contribution is -2.11. The number of aromatic nitrogens is 5. The van der Waals surface area contributed by atoms with Crippen LogP contribution in [-0.4, -0.2) is 24.5 Å². The molecule has 254 valence electrons. The molecule has 0 radical (unpaired) electrons. The molecule has 4 heterocycles. The number of para-hydroxylation sites is 3. The molecule has 11 rings (SSSR count). The molecular formula is C46H33N5OS. The molecule has 1 aliphatic rings. The highest BCUT2D eigenvalue weighted by atomic mass is 32.1. The van der Waals surface area contributed by atoms with E-state index >= 15 is 0 Å². The van der Waals surface area contributed by atoms with Gasteiger partial charge in [0.05, 0.1) is 21.3 Å². The number of nitrogens with zero attached hydrogens (tertiary/aromatic N) is 5. The maximum Gasteiger partial charge on any atom is 0.164 e. The van der Waals surface area contributed by atoms with Crippen LogP contribution in [0.15, 0.2) is 138 Å². The van der Waals surface area contributed by atoms with Gasteiger partial charge in [-0.3, -0.25) is 0 Å². The van der Waals surface area contributed by atoms with Crippen LogP contribution in [0.4, 0.5) is 0 Å². The van der Waals surface area contributed by atoms with E-state index in [0.29, 0.717) is 17.6 Å². The molecule has 4 aromatic heterocycles. The van der Waals surface area contributed by atoms with Gasteiger partial charge in [0.2, 0.25) is 0 Å². The van der Waals surface area contributed by atoms with Gasteiger partial charge in [0.1, 0.15) is 22.0 Å². The number of thiazole rings is 1. The van der Waals surface area contributed by atoms with Gasteiger partial charge in [0, 0.05) is 49.8 Å². The molecule has 0 amide bonds. The summed E-state index contributed by atoms with van der Waals surface area (Å²) in [6, 6.07) is 46.8. The SMILES string of the molecule is c1cc(-c2nc(-c3cccc4oc5ccc(-c6nc7ccccc7s6)cc5c34)nc(C3CCCCC3)n2)cc(-n2c3ccccc3c3ccccc32)c1. The summed E-state index contributed by atoms with van der Waals surface area (Å²) in [5, 5.41) is 5.51. The topological polar surface area (TPSA) is 69.6 Å². The zero-order chi connectivity index (χ0) is 34.9. The summed E-state index contributed by atoms with van der Waals surface area (Å²) in [5.41, 5.74) is 9.06. The quantitative estimate of drug-likeness (QED) is 0.178. The van der Waals surface area contributed by atoms with Crippen molar-refractivity contribution in [3.05, 3.63) is 139 Å². The molecule has 7 heteroatoms. The second-order valence-corrected chi connectivity index (χ2v) is 15.1. The van der Waals surface area contributed by atoms with E-state index < -0.39 is 0 Å². The van der Waals surface area contributed by atoms with E-state index in [1.54, 1.807) is 11.3 Å². The van der Waals surface area contributed by atoms with Gasteiger partial charge in [0.15, 0.2) is 11.6 Å². The molecule has 1 saturated carbocycles. The van der Waals surface area contributed by atoms with Gasteiger partial charge in [-0.05, 0) is 73.5 Å². The molecule has 0 bridgehead atoms. The van der Waals surface area contributed by atoms with Gasteiger partial charge in [-0.1, -0.05) is 92.1 Å². The van der Waals surface area contributed by atoms with Crippen molar-refractivity contribution in [2.24, 2.45) is 0 Å². The van der Waals surface area contributed by atoms with E-state index in [9.17, 15) is 0 Å². The van der Waals surface area contributed by atoms with E-state index in [-0.39, 0.29) is 0 Å². The fourth-order valence-electron chi connectivity index (χ4n) is 8.31. The molecule has 0 saturated heterocycles. The molecule has 1 fully saturated rings. The zero-order valence-electron chi connectivity index (χ0n) is 28.9. The van der Waals surface area contributed by atoms with Crippen molar-refractivity contribution in [1.29, 1.82) is 0 Å². The lowest BCUT2D eigenvalue weighted by Gasteiger charge is -2.21. The number of fused-ring (bicyclic) bond motifs is 7. The summed E-state index contributed by atoms with van der Waals surface area (Å²) < 4.78 is 9.99. The summed E-state index contributed by atoms with van der Waals surface area (Å²) in [7, 11) is 0. The summed E-state index contributed by atoms with van der Waals surface area (Å²) in [6.07, 6.45) is 5.84. The van der Waals surface area contributed by atoms with Gasteiger partial charge in [-0.25, -0.2) is 19.9 Å². The largest absolute Gasteiger partial charge is 0.456 e. The van der Waals surface area contributed by atoms with Crippen molar-refractivity contribution >= 4 is 65.3 Å². The smallest absolute Gasteiger partial charge is 0.164 e. The zero-order valence-corrected chi connectivity index (χ0v) is 29.7. The standard InChI is InChI=1S/C46H33N5OS/c1-2-12-28(13-3-1)43-48-44(29-14-10-15-31(26-29)51-37-20-7-4-16-32(37)33-17-5-8-21-38(33)51)50-45(49-43)34-18-11-22-40-42(34)35-27-30(24-25-39(35)52-40)46-47-36-19-6-9-23-41(36)53-46/h4-11,14-28H,1-3,12-13H2. The predicted molar refractivity (Wildman–Crippen MR) is 217 cm³/mol. The predicted octanol–water partition coefficient (Wildman–Crippen LogP) is 12.5. The van der Waals surface area contributed by atoms with Crippen molar-refractivity contribution in [2.45, 2.75) is 38.0 Å². The Kier molecular flexibility index (Phi) is 7.01. The molecule has 0 unspecified atom stereocenters. The van der Waals surface area contributed by atoms with Crippen LogP contribution in [0, 0.1) is 0 Å². The third kappa shape index (κ3) is 5.06. The average molecular weight is 704 g/mol. The number of hydrogen-bond acceptors (Lipinski definition) is 6. The number of hydrogen-bond donors (Lipinski definition) is 0. The van der Waals surface area contributed by atoms with Crippen LogP contribution in [0.25, 0.3) is 93.0 Å². The summed E-state index contributed by atoms with van der Waals surface area (Å²) >= 11 is 1.71.